The highest BCUT2D eigenvalue weighted by molar-refractivity contribution is 6.35. The molecule has 0 aliphatic heterocycles. The van der Waals surface area contributed by atoms with E-state index in [0.717, 1.165) is 11.1 Å². The lowest BCUT2D eigenvalue weighted by molar-refractivity contribution is 0.306. The molecular formula is C16H13Cl2N5O. The first-order valence-electron chi connectivity index (χ1n) is 6.95. The van der Waals surface area contributed by atoms with E-state index >= 15 is 0 Å². The van der Waals surface area contributed by atoms with Crippen LogP contribution in [0.5, 0.6) is 5.75 Å². The minimum absolute atomic E-state index is 0.0789. The van der Waals surface area contributed by atoms with Crippen molar-refractivity contribution in [3.8, 4) is 17.1 Å². The zero-order valence-electron chi connectivity index (χ0n) is 12.4. The molecule has 0 atom stereocenters. The summed E-state index contributed by atoms with van der Waals surface area (Å²) in [5, 5.41) is 1.15. The van der Waals surface area contributed by atoms with E-state index in [2.05, 4.69) is 15.0 Å². The summed E-state index contributed by atoms with van der Waals surface area (Å²) in [6.45, 7) is 0.334. The number of rotatable bonds is 4. The molecule has 6 nitrogen and oxygen atoms in total. The zero-order chi connectivity index (χ0) is 17.1. The molecule has 122 valence electrons. The van der Waals surface area contributed by atoms with E-state index in [1.165, 1.54) is 0 Å². The number of nitrogens with zero attached hydrogens (tertiary/aromatic N) is 3. The van der Waals surface area contributed by atoms with Crippen LogP contribution in [-0.4, -0.2) is 15.0 Å². The molecule has 0 bridgehead atoms. The number of benzene rings is 2. The quantitative estimate of drug-likeness (QED) is 0.736. The van der Waals surface area contributed by atoms with Crippen LogP contribution >= 0.6 is 23.2 Å². The third-order valence-corrected chi connectivity index (χ3v) is 3.78. The standard InChI is InChI=1S/C16H13Cl2N5O/c17-11-4-1-10(13(18)7-11)8-24-12-5-2-9(3-6-12)14-21-15(19)23-16(20)22-14/h1-7H,8H2,(H4,19,20,21,22,23). The van der Waals surface area contributed by atoms with Gasteiger partial charge in [0.05, 0.1) is 0 Å². The molecule has 1 aromatic heterocycles. The van der Waals surface area contributed by atoms with Crippen LogP contribution in [0.3, 0.4) is 0 Å². The van der Waals surface area contributed by atoms with Gasteiger partial charge in [-0.25, -0.2) is 0 Å². The van der Waals surface area contributed by atoms with E-state index < -0.39 is 0 Å². The maximum atomic E-state index is 6.12. The van der Waals surface area contributed by atoms with Crippen LogP contribution < -0.4 is 16.2 Å². The van der Waals surface area contributed by atoms with E-state index in [1.54, 1.807) is 24.3 Å². The van der Waals surface area contributed by atoms with Gasteiger partial charge in [-0.1, -0.05) is 29.3 Å². The van der Waals surface area contributed by atoms with Crippen molar-refractivity contribution >= 4 is 35.1 Å². The molecule has 0 aliphatic carbocycles. The Kier molecular flexibility index (Phi) is 4.69. The Morgan fingerprint density at radius 2 is 1.54 bits per heavy atom. The Morgan fingerprint density at radius 3 is 2.17 bits per heavy atom. The number of ether oxygens (including phenoxy) is 1. The van der Waals surface area contributed by atoms with Gasteiger partial charge in [0.2, 0.25) is 11.9 Å². The van der Waals surface area contributed by atoms with Crippen molar-refractivity contribution in [1.29, 1.82) is 0 Å². The number of hydrogen-bond acceptors (Lipinski definition) is 6. The molecule has 0 saturated heterocycles. The van der Waals surface area contributed by atoms with Crippen molar-refractivity contribution in [1.82, 2.24) is 15.0 Å². The predicted octanol–water partition coefficient (Wildman–Crippen LogP) is 3.59. The zero-order valence-corrected chi connectivity index (χ0v) is 13.9. The predicted molar refractivity (Wildman–Crippen MR) is 94.9 cm³/mol. The number of halogens is 2. The van der Waals surface area contributed by atoms with Gasteiger partial charge in [0.25, 0.3) is 0 Å². The SMILES string of the molecule is Nc1nc(N)nc(-c2ccc(OCc3ccc(Cl)cc3Cl)cc2)n1. The van der Waals surface area contributed by atoms with Crippen LogP contribution in [0.2, 0.25) is 10.0 Å². The maximum Gasteiger partial charge on any atom is 0.225 e. The van der Waals surface area contributed by atoms with Gasteiger partial charge in [-0.3, -0.25) is 0 Å². The molecule has 3 aromatic rings. The minimum atomic E-state index is 0.0789. The molecule has 0 amide bonds. The molecule has 0 unspecified atom stereocenters. The number of anilines is 2. The van der Waals surface area contributed by atoms with Gasteiger partial charge in [0, 0.05) is 21.2 Å². The average molecular weight is 362 g/mol. The van der Waals surface area contributed by atoms with Crippen molar-refractivity contribution in [2.45, 2.75) is 6.61 Å². The summed E-state index contributed by atoms with van der Waals surface area (Å²) in [4.78, 5) is 11.8. The summed E-state index contributed by atoms with van der Waals surface area (Å²) in [5.41, 5.74) is 12.8. The molecule has 0 aliphatic rings. The molecule has 3 rings (SSSR count). The Balaban J connectivity index is 1.72. The minimum Gasteiger partial charge on any atom is -0.489 e. The molecule has 0 spiro atoms. The van der Waals surface area contributed by atoms with Crippen LogP contribution in [0, 0.1) is 0 Å². The van der Waals surface area contributed by atoms with Crippen LogP contribution in [0.15, 0.2) is 42.5 Å². The fourth-order valence-electron chi connectivity index (χ4n) is 2.04. The van der Waals surface area contributed by atoms with Crippen molar-refractivity contribution in [3.63, 3.8) is 0 Å². The van der Waals surface area contributed by atoms with Gasteiger partial charge < -0.3 is 16.2 Å². The number of nitrogens with two attached hydrogens (primary N) is 2. The van der Waals surface area contributed by atoms with Gasteiger partial charge in [-0.15, -0.1) is 0 Å². The number of nitrogen functional groups attached to an aromatic ring is 2. The molecule has 1 heterocycles. The highest BCUT2D eigenvalue weighted by Gasteiger charge is 2.06. The molecule has 24 heavy (non-hydrogen) atoms. The summed E-state index contributed by atoms with van der Waals surface area (Å²) in [5.74, 6) is 1.25. The largest absolute Gasteiger partial charge is 0.489 e. The van der Waals surface area contributed by atoms with Crippen LogP contribution in [0.1, 0.15) is 5.56 Å². The normalized spacial score (nSPS) is 10.6. The lowest BCUT2D eigenvalue weighted by Crippen LogP contribution is -2.04. The molecule has 8 heteroatoms. The Bertz CT molecular complexity index is 851. The Labute approximate surface area is 148 Å². The average Bonchev–Trinajstić information content (AvgIpc) is 2.53. The van der Waals surface area contributed by atoms with Gasteiger partial charge in [0.1, 0.15) is 12.4 Å². The molecule has 2 aromatic carbocycles. The van der Waals surface area contributed by atoms with E-state index in [1.807, 2.05) is 18.2 Å². The van der Waals surface area contributed by atoms with Gasteiger partial charge in [-0.2, -0.15) is 15.0 Å². The van der Waals surface area contributed by atoms with Crippen LogP contribution in [-0.2, 0) is 6.61 Å². The third-order valence-electron chi connectivity index (χ3n) is 3.19. The number of aromatic nitrogens is 3. The van der Waals surface area contributed by atoms with Crippen molar-refractivity contribution < 1.29 is 4.74 Å². The summed E-state index contributed by atoms with van der Waals surface area (Å²) in [6, 6.07) is 12.5. The van der Waals surface area contributed by atoms with E-state index in [9.17, 15) is 0 Å². The molecule has 4 N–H and O–H groups in total. The summed E-state index contributed by atoms with van der Waals surface area (Å²) in [7, 11) is 0. The van der Waals surface area contributed by atoms with Crippen molar-refractivity contribution in [3.05, 3.63) is 58.1 Å². The Hall–Kier alpha value is -2.57. The van der Waals surface area contributed by atoms with Crippen molar-refractivity contribution in [2.75, 3.05) is 11.5 Å². The van der Waals surface area contributed by atoms with E-state index in [0.29, 0.717) is 28.2 Å². The lowest BCUT2D eigenvalue weighted by atomic mass is 10.2. The summed E-state index contributed by atoms with van der Waals surface area (Å²) in [6.07, 6.45) is 0. The van der Waals surface area contributed by atoms with Gasteiger partial charge in [-0.05, 0) is 36.4 Å². The second kappa shape index (κ2) is 6.90. The molecular weight excluding hydrogens is 349 g/mol. The number of hydrogen-bond donors (Lipinski definition) is 2. The van der Waals surface area contributed by atoms with Gasteiger partial charge in [0.15, 0.2) is 5.82 Å². The first kappa shape index (κ1) is 16.3. The smallest absolute Gasteiger partial charge is 0.225 e. The Morgan fingerprint density at radius 1 is 0.875 bits per heavy atom. The molecule has 0 fully saturated rings. The second-order valence-corrected chi connectivity index (χ2v) is 5.77. The molecule has 0 radical (unpaired) electrons. The fraction of sp³-hybridized carbons (Fsp3) is 0.0625. The van der Waals surface area contributed by atoms with Crippen LogP contribution in [0.25, 0.3) is 11.4 Å². The van der Waals surface area contributed by atoms with E-state index in [-0.39, 0.29) is 11.9 Å². The third kappa shape index (κ3) is 3.84. The maximum absolute atomic E-state index is 6.12. The summed E-state index contributed by atoms with van der Waals surface area (Å²) < 4.78 is 5.72. The fourth-order valence-corrected chi connectivity index (χ4v) is 2.50. The first-order chi connectivity index (χ1) is 11.5. The highest BCUT2D eigenvalue weighted by atomic mass is 35.5. The van der Waals surface area contributed by atoms with E-state index in [4.69, 9.17) is 39.4 Å². The summed E-state index contributed by atoms with van der Waals surface area (Å²) >= 11 is 12.0. The highest BCUT2D eigenvalue weighted by Crippen LogP contribution is 2.24. The van der Waals surface area contributed by atoms with Crippen LogP contribution in [0.4, 0.5) is 11.9 Å². The lowest BCUT2D eigenvalue weighted by Gasteiger charge is -2.09. The topological polar surface area (TPSA) is 99.9 Å². The van der Waals surface area contributed by atoms with Crippen molar-refractivity contribution in [2.24, 2.45) is 0 Å². The molecule has 0 saturated carbocycles. The first-order valence-corrected chi connectivity index (χ1v) is 7.71. The monoisotopic (exact) mass is 361 g/mol. The second-order valence-electron chi connectivity index (χ2n) is 4.92. The van der Waals surface area contributed by atoms with Gasteiger partial charge >= 0.3 is 0 Å².